The van der Waals surface area contributed by atoms with Gasteiger partial charge in [0.15, 0.2) is 11.3 Å². The molecule has 3 N–H and O–H groups in total. The lowest BCUT2D eigenvalue weighted by molar-refractivity contribution is -0.118. The molecule has 31 heavy (non-hydrogen) atoms. The van der Waals surface area contributed by atoms with Crippen LogP contribution in [0, 0.1) is 18.7 Å². The fourth-order valence-corrected chi connectivity index (χ4v) is 4.54. The maximum Gasteiger partial charge on any atom is 0.274 e. The molecule has 1 fully saturated rings. The number of likely N-dealkylation sites (tertiary alicyclic amines) is 1. The van der Waals surface area contributed by atoms with Gasteiger partial charge in [0.05, 0.1) is 17.2 Å². The molecule has 1 aliphatic heterocycles. The minimum absolute atomic E-state index is 0.0556. The van der Waals surface area contributed by atoms with E-state index in [9.17, 15) is 14.0 Å². The summed E-state index contributed by atoms with van der Waals surface area (Å²) in [5.41, 5.74) is 6.62. The first-order valence-corrected chi connectivity index (χ1v) is 10.7. The minimum Gasteiger partial charge on any atom is -0.370 e. The molecule has 1 saturated heterocycles. The van der Waals surface area contributed by atoms with Crippen molar-refractivity contribution in [3.63, 3.8) is 0 Å². The number of hydrogen-bond acceptors (Lipinski definition) is 8. The largest absolute Gasteiger partial charge is 0.370 e. The first-order chi connectivity index (χ1) is 14.8. The number of nitrogens with one attached hydrogen (secondary N) is 1. The van der Waals surface area contributed by atoms with Crippen LogP contribution < -0.4 is 11.1 Å². The predicted molar refractivity (Wildman–Crippen MR) is 114 cm³/mol. The van der Waals surface area contributed by atoms with Crippen molar-refractivity contribution >= 4 is 39.4 Å². The Labute approximate surface area is 181 Å². The molecule has 0 aliphatic carbocycles. The summed E-state index contributed by atoms with van der Waals surface area (Å²) < 4.78 is 14.1. The lowest BCUT2D eigenvalue weighted by Gasteiger charge is -2.18. The Hall–Kier alpha value is -3.21. The summed E-state index contributed by atoms with van der Waals surface area (Å²) in [5, 5.41) is 3.88. The maximum atomic E-state index is 13.5. The lowest BCUT2D eigenvalue weighted by atomic mass is 10.1. The highest BCUT2D eigenvalue weighted by Gasteiger charge is 2.30. The number of anilines is 1. The van der Waals surface area contributed by atoms with E-state index >= 15 is 0 Å². The van der Waals surface area contributed by atoms with Gasteiger partial charge >= 0.3 is 0 Å². The smallest absolute Gasteiger partial charge is 0.274 e. The van der Waals surface area contributed by atoms with Crippen molar-refractivity contribution in [2.45, 2.75) is 32.7 Å². The van der Waals surface area contributed by atoms with E-state index in [0.29, 0.717) is 29.0 Å². The molecule has 4 heterocycles. The van der Waals surface area contributed by atoms with Gasteiger partial charge in [-0.15, -0.1) is 11.3 Å². The van der Waals surface area contributed by atoms with Crippen LogP contribution in [0.4, 0.5) is 10.3 Å². The van der Waals surface area contributed by atoms with E-state index < -0.39 is 5.82 Å². The summed E-state index contributed by atoms with van der Waals surface area (Å²) in [6.07, 6.45) is 3.67. The first kappa shape index (κ1) is 21.0. The molecule has 3 aromatic heterocycles. The van der Waals surface area contributed by atoms with Gasteiger partial charge in [-0.1, -0.05) is 0 Å². The fraction of sp³-hybridized carbons (Fsp3) is 0.400. The number of amides is 2. The van der Waals surface area contributed by atoms with Gasteiger partial charge in [0.25, 0.3) is 5.91 Å². The quantitative estimate of drug-likeness (QED) is 0.599. The number of nitrogens with two attached hydrogens (primary N) is 1. The van der Waals surface area contributed by atoms with Gasteiger partial charge in [0, 0.05) is 25.7 Å². The number of thiazole rings is 1. The summed E-state index contributed by atoms with van der Waals surface area (Å²) in [6, 6.07) is 1.04. The normalized spacial score (nSPS) is 17.1. The zero-order valence-electron chi connectivity index (χ0n) is 17.1. The van der Waals surface area contributed by atoms with Crippen molar-refractivity contribution in [1.82, 2.24) is 24.8 Å². The molecule has 0 spiro atoms. The average molecular weight is 444 g/mol. The lowest BCUT2D eigenvalue weighted by Crippen LogP contribution is -2.30. The zero-order chi connectivity index (χ0) is 22.1. The van der Waals surface area contributed by atoms with Gasteiger partial charge in [-0.25, -0.2) is 14.4 Å². The third kappa shape index (κ3) is 4.61. The Morgan fingerprint density at radius 3 is 2.90 bits per heavy atom. The zero-order valence-corrected chi connectivity index (χ0v) is 17.9. The van der Waals surface area contributed by atoms with Gasteiger partial charge in [-0.05, 0) is 37.8 Å². The van der Waals surface area contributed by atoms with Crippen LogP contribution in [0.1, 0.15) is 46.9 Å². The number of pyridine rings is 1. The number of fused-ring (bicyclic) bond motifs is 1. The molecule has 0 bridgehead atoms. The van der Waals surface area contributed by atoms with Crippen LogP contribution in [-0.2, 0) is 4.79 Å². The molecule has 0 radical (unpaired) electrons. The van der Waals surface area contributed by atoms with E-state index in [1.54, 1.807) is 11.1 Å². The highest BCUT2D eigenvalue weighted by Crippen LogP contribution is 2.29. The SMILES string of the molecule is Cc1nc2nc(N[C@@H](C)c3cncc(F)c3)nc(C(=O)N3CC[C@@H](CC(N)=O)C3)c2s1. The molecular formula is C20H22FN7O2S. The number of nitrogens with zero attached hydrogens (tertiary/aromatic N) is 5. The van der Waals surface area contributed by atoms with E-state index in [0.717, 1.165) is 17.6 Å². The topological polar surface area (TPSA) is 127 Å². The number of halogens is 1. The van der Waals surface area contributed by atoms with Crippen molar-refractivity contribution in [3.8, 4) is 0 Å². The second-order valence-electron chi connectivity index (χ2n) is 7.66. The van der Waals surface area contributed by atoms with Gasteiger partial charge in [-0.2, -0.15) is 4.98 Å². The number of rotatable bonds is 6. The van der Waals surface area contributed by atoms with Gasteiger partial charge in [-0.3, -0.25) is 14.6 Å². The van der Waals surface area contributed by atoms with E-state index in [4.69, 9.17) is 5.73 Å². The fourth-order valence-electron chi connectivity index (χ4n) is 3.70. The Morgan fingerprint density at radius 1 is 1.35 bits per heavy atom. The van der Waals surface area contributed by atoms with Crippen molar-refractivity contribution in [1.29, 1.82) is 0 Å². The monoisotopic (exact) mass is 443 g/mol. The van der Waals surface area contributed by atoms with Crippen LogP contribution in [0.5, 0.6) is 0 Å². The molecule has 3 aromatic rings. The van der Waals surface area contributed by atoms with Gasteiger partial charge in [0.2, 0.25) is 11.9 Å². The standard InChI is InChI=1S/C20H22FN7O2S/c1-10(13-6-14(21)8-23-7-13)24-20-26-16(17-18(27-20)25-11(2)31-17)19(30)28-4-3-12(9-28)5-15(22)29/h6-8,10,12H,3-5,9H2,1-2H3,(H2,22,29)(H,24,26,27)/t10-,12-/m0/s1. The van der Waals surface area contributed by atoms with Crippen molar-refractivity contribution in [3.05, 3.63) is 40.5 Å². The molecule has 1 aliphatic rings. The van der Waals surface area contributed by atoms with Crippen molar-refractivity contribution in [2.75, 3.05) is 18.4 Å². The summed E-state index contributed by atoms with van der Waals surface area (Å²) in [5.74, 6) is -0.751. The Morgan fingerprint density at radius 2 is 2.16 bits per heavy atom. The van der Waals surface area contributed by atoms with Crippen LogP contribution in [0.15, 0.2) is 18.5 Å². The molecule has 2 atom stereocenters. The van der Waals surface area contributed by atoms with E-state index in [1.165, 1.54) is 17.4 Å². The molecule has 11 heteroatoms. The molecule has 0 aromatic carbocycles. The first-order valence-electron chi connectivity index (χ1n) is 9.90. The van der Waals surface area contributed by atoms with Crippen molar-refractivity contribution < 1.29 is 14.0 Å². The molecule has 4 rings (SSSR count). The summed E-state index contributed by atoms with van der Waals surface area (Å²) in [7, 11) is 0. The number of primary amides is 1. The van der Waals surface area contributed by atoms with Crippen LogP contribution in [-0.4, -0.2) is 49.7 Å². The highest BCUT2D eigenvalue weighted by molar-refractivity contribution is 7.18. The van der Waals surface area contributed by atoms with E-state index in [2.05, 4.69) is 25.3 Å². The maximum absolute atomic E-state index is 13.5. The number of carbonyl (C=O) groups excluding carboxylic acids is 2. The Balaban J connectivity index is 1.62. The summed E-state index contributed by atoms with van der Waals surface area (Å²) >= 11 is 1.36. The summed E-state index contributed by atoms with van der Waals surface area (Å²) in [4.78, 5) is 43.4. The Kier molecular flexibility index (Phi) is 5.77. The Bertz CT molecular complexity index is 1150. The molecule has 0 saturated carbocycles. The average Bonchev–Trinajstić information content (AvgIpc) is 3.32. The number of carbonyl (C=O) groups is 2. The van der Waals surface area contributed by atoms with E-state index in [-0.39, 0.29) is 41.8 Å². The number of aromatic nitrogens is 4. The number of aryl methyl sites for hydroxylation is 1. The number of hydrogen-bond donors (Lipinski definition) is 2. The molecule has 2 amide bonds. The molecule has 162 valence electrons. The molecular weight excluding hydrogens is 421 g/mol. The molecule has 0 unspecified atom stereocenters. The third-order valence-corrected chi connectivity index (χ3v) is 6.16. The van der Waals surface area contributed by atoms with Gasteiger partial charge < -0.3 is 16.0 Å². The third-order valence-electron chi connectivity index (χ3n) is 5.20. The van der Waals surface area contributed by atoms with Crippen LogP contribution in [0.25, 0.3) is 10.3 Å². The minimum atomic E-state index is -0.437. The van der Waals surface area contributed by atoms with Crippen molar-refractivity contribution in [2.24, 2.45) is 11.7 Å². The second-order valence-corrected chi connectivity index (χ2v) is 8.86. The van der Waals surface area contributed by atoms with Crippen LogP contribution >= 0.6 is 11.3 Å². The second kappa shape index (κ2) is 8.50. The summed E-state index contributed by atoms with van der Waals surface area (Å²) in [6.45, 7) is 4.66. The van der Waals surface area contributed by atoms with E-state index in [1.807, 2.05) is 13.8 Å². The van der Waals surface area contributed by atoms with Crippen LogP contribution in [0.3, 0.4) is 0 Å². The van der Waals surface area contributed by atoms with Crippen LogP contribution in [0.2, 0.25) is 0 Å². The highest BCUT2D eigenvalue weighted by atomic mass is 32.1. The van der Waals surface area contributed by atoms with Gasteiger partial charge in [0.1, 0.15) is 10.5 Å². The molecule has 9 nitrogen and oxygen atoms in total. The predicted octanol–water partition coefficient (Wildman–Crippen LogP) is 2.44.